The minimum absolute atomic E-state index is 0.661. The highest BCUT2D eigenvalue weighted by Gasteiger charge is 2.08. The summed E-state index contributed by atoms with van der Waals surface area (Å²) in [5.74, 6) is 0.749. The smallest absolute Gasteiger partial charge is 0.178 e. The number of aromatic nitrogens is 3. The zero-order valence-electron chi connectivity index (χ0n) is 8.92. The molecule has 0 saturated carbocycles. The molecule has 18 heavy (non-hydrogen) atoms. The molecule has 0 atom stereocenters. The molecule has 0 unspecified atom stereocenters. The van der Waals surface area contributed by atoms with Crippen molar-refractivity contribution in [3.05, 3.63) is 44.4 Å². The highest BCUT2D eigenvalue weighted by atomic mass is 79.9. The Morgan fingerprint density at radius 3 is 2.67 bits per heavy atom. The number of H-pyrrole nitrogens is 1. The summed E-state index contributed by atoms with van der Waals surface area (Å²) in [4.78, 5) is 11.9. The first-order chi connectivity index (χ1) is 8.61. The molecule has 6 heteroatoms. The molecule has 0 radical (unpaired) electrons. The molecule has 1 aromatic carbocycles. The number of pyridine rings is 1. The lowest BCUT2D eigenvalue weighted by atomic mass is 10.2. The van der Waals surface area contributed by atoms with Gasteiger partial charge in [-0.2, -0.15) is 0 Å². The molecule has 3 aromatic rings. The third-order valence-electron chi connectivity index (χ3n) is 2.44. The molecule has 2 heterocycles. The Morgan fingerprint density at radius 1 is 1.06 bits per heavy atom. The Balaban J connectivity index is 2.19. The lowest BCUT2D eigenvalue weighted by Gasteiger charge is -1.99. The molecule has 0 aliphatic rings. The van der Waals surface area contributed by atoms with Crippen molar-refractivity contribution in [2.24, 2.45) is 0 Å². The van der Waals surface area contributed by atoms with Gasteiger partial charge in [0, 0.05) is 25.7 Å². The van der Waals surface area contributed by atoms with Crippen molar-refractivity contribution < 1.29 is 0 Å². The van der Waals surface area contributed by atoms with E-state index in [-0.39, 0.29) is 0 Å². The second kappa shape index (κ2) is 4.64. The number of hydrogen-bond donors (Lipinski definition) is 1. The van der Waals surface area contributed by atoms with Crippen molar-refractivity contribution in [3.63, 3.8) is 0 Å². The number of nitrogens with one attached hydrogen (secondary N) is 1. The highest BCUT2D eigenvalue weighted by Crippen LogP contribution is 2.27. The van der Waals surface area contributed by atoms with Crippen LogP contribution in [-0.2, 0) is 0 Å². The number of nitrogens with zero attached hydrogens (tertiary/aromatic N) is 2. The Morgan fingerprint density at radius 2 is 1.89 bits per heavy atom. The molecule has 0 aliphatic heterocycles. The highest BCUT2D eigenvalue weighted by molar-refractivity contribution is 9.10. The molecule has 90 valence electrons. The van der Waals surface area contributed by atoms with Crippen molar-refractivity contribution in [2.75, 3.05) is 0 Å². The Hall–Kier alpha value is -0.910. The summed E-state index contributed by atoms with van der Waals surface area (Å²) in [5.41, 5.74) is 2.49. The van der Waals surface area contributed by atoms with Crippen LogP contribution in [0, 0.1) is 0 Å². The van der Waals surface area contributed by atoms with Crippen LogP contribution in [0.15, 0.2) is 39.4 Å². The van der Waals surface area contributed by atoms with E-state index in [0.29, 0.717) is 10.7 Å². The van der Waals surface area contributed by atoms with E-state index >= 15 is 0 Å². The SMILES string of the molecule is Clc1cc(Br)cc(-c2nc3ncc(Br)cc3[nH]2)c1. The van der Waals surface area contributed by atoms with Crippen molar-refractivity contribution in [2.45, 2.75) is 0 Å². The number of rotatable bonds is 1. The fraction of sp³-hybridized carbons (Fsp3) is 0. The van der Waals surface area contributed by atoms with Crippen LogP contribution < -0.4 is 0 Å². The third kappa shape index (κ3) is 2.30. The van der Waals surface area contributed by atoms with Crippen molar-refractivity contribution in [1.82, 2.24) is 15.0 Å². The van der Waals surface area contributed by atoms with E-state index in [1.165, 1.54) is 0 Å². The maximum atomic E-state index is 6.03. The fourth-order valence-corrected chi connectivity index (χ4v) is 2.89. The first-order valence-corrected chi connectivity index (χ1v) is 7.06. The molecular formula is C12H6Br2ClN3. The fourth-order valence-electron chi connectivity index (χ4n) is 1.70. The third-order valence-corrected chi connectivity index (χ3v) is 3.55. The zero-order valence-corrected chi connectivity index (χ0v) is 12.8. The second-order valence-corrected chi connectivity index (χ2v) is 6.04. The number of imidazole rings is 1. The number of halogens is 3. The maximum absolute atomic E-state index is 6.03. The van der Waals surface area contributed by atoms with Crippen LogP contribution in [0.3, 0.4) is 0 Å². The van der Waals surface area contributed by atoms with Gasteiger partial charge in [-0.3, -0.25) is 0 Å². The van der Waals surface area contributed by atoms with Crippen molar-refractivity contribution in [1.29, 1.82) is 0 Å². The van der Waals surface area contributed by atoms with Gasteiger partial charge >= 0.3 is 0 Å². The van der Waals surface area contributed by atoms with Crippen LogP contribution in [-0.4, -0.2) is 15.0 Å². The standard InChI is InChI=1S/C12H6Br2ClN3/c13-7-1-6(2-9(15)3-7)11-17-10-4-8(14)5-16-12(10)18-11/h1-5H,(H,16,17,18). The monoisotopic (exact) mass is 385 g/mol. The molecule has 0 aliphatic carbocycles. The zero-order chi connectivity index (χ0) is 12.7. The van der Waals surface area contributed by atoms with Gasteiger partial charge in [-0.15, -0.1) is 0 Å². The minimum Gasteiger partial charge on any atom is -0.337 e. The van der Waals surface area contributed by atoms with Gasteiger partial charge in [0.2, 0.25) is 0 Å². The Bertz CT molecular complexity index is 719. The topological polar surface area (TPSA) is 41.6 Å². The van der Waals surface area contributed by atoms with E-state index in [2.05, 4.69) is 46.8 Å². The number of benzene rings is 1. The van der Waals surface area contributed by atoms with Gasteiger partial charge in [-0.1, -0.05) is 27.5 Å². The summed E-state index contributed by atoms with van der Waals surface area (Å²) in [6.07, 6.45) is 1.72. The van der Waals surface area contributed by atoms with Crippen LogP contribution in [0.4, 0.5) is 0 Å². The Kier molecular flexibility index (Phi) is 3.13. The van der Waals surface area contributed by atoms with Gasteiger partial charge in [-0.05, 0) is 40.2 Å². The number of hydrogen-bond acceptors (Lipinski definition) is 2. The lowest BCUT2D eigenvalue weighted by molar-refractivity contribution is 1.29. The second-order valence-electron chi connectivity index (χ2n) is 3.77. The van der Waals surface area contributed by atoms with Gasteiger partial charge in [0.15, 0.2) is 5.65 Å². The van der Waals surface area contributed by atoms with Crippen molar-refractivity contribution >= 4 is 54.6 Å². The first kappa shape index (κ1) is 12.1. The van der Waals surface area contributed by atoms with E-state index in [9.17, 15) is 0 Å². The molecule has 0 spiro atoms. The predicted octanol–water partition coefficient (Wildman–Crippen LogP) is 4.80. The average Bonchev–Trinajstić information content (AvgIpc) is 2.70. The summed E-state index contributed by atoms with van der Waals surface area (Å²) in [6.45, 7) is 0. The van der Waals surface area contributed by atoms with Crippen LogP contribution in [0.25, 0.3) is 22.6 Å². The molecule has 0 bridgehead atoms. The molecule has 0 saturated heterocycles. The van der Waals surface area contributed by atoms with Crippen LogP contribution in [0.5, 0.6) is 0 Å². The van der Waals surface area contributed by atoms with Gasteiger partial charge in [0.1, 0.15) is 5.82 Å². The molecule has 3 nitrogen and oxygen atoms in total. The van der Waals surface area contributed by atoms with Crippen molar-refractivity contribution in [3.8, 4) is 11.4 Å². The largest absolute Gasteiger partial charge is 0.337 e. The van der Waals surface area contributed by atoms with Gasteiger partial charge in [0.05, 0.1) is 5.52 Å². The number of fused-ring (bicyclic) bond motifs is 1. The Labute approximate surface area is 125 Å². The van der Waals surface area contributed by atoms with E-state index in [1.54, 1.807) is 6.20 Å². The maximum Gasteiger partial charge on any atom is 0.178 e. The molecule has 0 fully saturated rings. The normalized spacial score (nSPS) is 11.1. The summed E-state index contributed by atoms with van der Waals surface area (Å²) in [6, 6.07) is 7.60. The van der Waals surface area contributed by atoms with Crippen LogP contribution in [0.1, 0.15) is 0 Å². The van der Waals surface area contributed by atoms with Gasteiger partial charge in [0.25, 0.3) is 0 Å². The van der Waals surface area contributed by atoms with Gasteiger partial charge in [-0.25, -0.2) is 9.97 Å². The average molecular weight is 387 g/mol. The van der Waals surface area contributed by atoms with Crippen LogP contribution in [0.2, 0.25) is 5.02 Å². The molecule has 0 amide bonds. The number of aromatic amines is 1. The van der Waals surface area contributed by atoms with E-state index in [0.717, 1.165) is 25.8 Å². The van der Waals surface area contributed by atoms with Gasteiger partial charge < -0.3 is 4.98 Å². The summed E-state index contributed by atoms with van der Waals surface area (Å²) in [7, 11) is 0. The minimum atomic E-state index is 0.661. The molecule has 1 N–H and O–H groups in total. The van der Waals surface area contributed by atoms with Crippen LogP contribution >= 0.6 is 43.5 Å². The summed E-state index contributed by atoms with van der Waals surface area (Å²) >= 11 is 12.8. The molecule has 2 aromatic heterocycles. The van der Waals surface area contributed by atoms with E-state index in [1.807, 2.05) is 24.3 Å². The molecular weight excluding hydrogens is 381 g/mol. The lowest BCUT2D eigenvalue weighted by Crippen LogP contribution is -1.81. The predicted molar refractivity (Wildman–Crippen MR) is 79.7 cm³/mol. The first-order valence-electron chi connectivity index (χ1n) is 5.09. The van der Waals surface area contributed by atoms with E-state index in [4.69, 9.17) is 11.6 Å². The summed E-state index contributed by atoms with van der Waals surface area (Å²) in [5, 5.41) is 0.661. The van der Waals surface area contributed by atoms with E-state index < -0.39 is 0 Å². The summed E-state index contributed by atoms with van der Waals surface area (Å²) < 4.78 is 1.83. The molecule has 3 rings (SSSR count). The quantitative estimate of drug-likeness (QED) is 0.651.